The smallest absolute Gasteiger partial charge is 0.265 e. The second kappa shape index (κ2) is 10.3. The van der Waals surface area contributed by atoms with Gasteiger partial charge in [-0.1, -0.05) is 30.3 Å². The summed E-state index contributed by atoms with van der Waals surface area (Å²) in [5, 5.41) is 3.35. The highest BCUT2D eigenvalue weighted by Gasteiger charge is 2.18. The van der Waals surface area contributed by atoms with Crippen LogP contribution in [0.4, 0.5) is 11.4 Å². The van der Waals surface area contributed by atoms with E-state index in [9.17, 15) is 9.59 Å². The van der Waals surface area contributed by atoms with E-state index in [0.717, 1.165) is 37.6 Å². The standard InChI is InChI=1S/C29H28N2O5/c1-19-27(21-6-4-3-5-7-21)28(32)25-13-12-24(18-26(25)36-19)35-20(2)29(33)30-22-8-10-23(11-9-22)31-14-16-34-17-15-31/h3-13,18,20H,14-17H2,1-2H3,(H,30,33)/t20-/m1/s1. The van der Waals surface area contributed by atoms with Gasteiger partial charge >= 0.3 is 0 Å². The van der Waals surface area contributed by atoms with Gasteiger partial charge in [-0.25, -0.2) is 0 Å². The lowest BCUT2D eigenvalue weighted by atomic mass is 10.0. The van der Waals surface area contributed by atoms with Crippen molar-refractivity contribution in [3.63, 3.8) is 0 Å². The zero-order chi connectivity index (χ0) is 25.1. The molecule has 1 N–H and O–H groups in total. The maximum atomic E-state index is 13.1. The number of nitrogens with zero attached hydrogens (tertiary/aromatic N) is 1. The number of amides is 1. The molecule has 0 saturated carbocycles. The van der Waals surface area contributed by atoms with Crippen LogP contribution in [-0.2, 0) is 9.53 Å². The van der Waals surface area contributed by atoms with Crippen molar-refractivity contribution in [1.29, 1.82) is 0 Å². The van der Waals surface area contributed by atoms with Crippen molar-refractivity contribution in [3.8, 4) is 16.9 Å². The molecule has 0 bridgehead atoms. The number of carbonyl (C=O) groups excluding carboxylic acids is 1. The largest absolute Gasteiger partial charge is 0.481 e. The molecule has 0 radical (unpaired) electrons. The first-order valence-electron chi connectivity index (χ1n) is 12.0. The minimum absolute atomic E-state index is 0.0992. The molecule has 4 aromatic rings. The summed E-state index contributed by atoms with van der Waals surface area (Å²) in [5.41, 5.74) is 3.47. The molecule has 1 aliphatic rings. The van der Waals surface area contributed by atoms with E-state index in [1.54, 1.807) is 32.0 Å². The van der Waals surface area contributed by atoms with E-state index in [1.807, 2.05) is 54.6 Å². The fourth-order valence-electron chi connectivity index (χ4n) is 4.38. The monoisotopic (exact) mass is 484 g/mol. The fraction of sp³-hybridized carbons (Fsp3) is 0.241. The van der Waals surface area contributed by atoms with Crippen molar-refractivity contribution in [1.82, 2.24) is 0 Å². The molecule has 184 valence electrons. The summed E-state index contributed by atoms with van der Waals surface area (Å²) in [6.07, 6.45) is -0.752. The highest BCUT2D eigenvalue weighted by molar-refractivity contribution is 5.94. The Morgan fingerprint density at radius 2 is 1.72 bits per heavy atom. The second-order valence-electron chi connectivity index (χ2n) is 8.78. The van der Waals surface area contributed by atoms with Gasteiger partial charge in [-0.15, -0.1) is 0 Å². The molecular weight excluding hydrogens is 456 g/mol. The third-order valence-corrected chi connectivity index (χ3v) is 6.30. The summed E-state index contributed by atoms with van der Waals surface area (Å²) in [6, 6.07) is 22.2. The molecule has 1 amide bonds. The van der Waals surface area contributed by atoms with Crippen LogP contribution in [0.3, 0.4) is 0 Å². The van der Waals surface area contributed by atoms with Gasteiger partial charge in [0.05, 0.1) is 24.2 Å². The molecule has 0 spiro atoms. The number of nitrogens with one attached hydrogen (secondary N) is 1. The van der Waals surface area contributed by atoms with Crippen LogP contribution < -0.4 is 20.4 Å². The Labute approximate surface area is 209 Å². The molecule has 3 aromatic carbocycles. The Kier molecular flexibility index (Phi) is 6.73. The van der Waals surface area contributed by atoms with Gasteiger partial charge in [-0.3, -0.25) is 9.59 Å². The lowest BCUT2D eigenvalue weighted by Gasteiger charge is -2.29. The molecule has 1 saturated heterocycles. The predicted octanol–water partition coefficient (Wildman–Crippen LogP) is 5.01. The molecule has 7 nitrogen and oxygen atoms in total. The van der Waals surface area contributed by atoms with Crippen LogP contribution >= 0.6 is 0 Å². The maximum absolute atomic E-state index is 13.1. The summed E-state index contributed by atoms with van der Waals surface area (Å²) < 4.78 is 17.2. The van der Waals surface area contributed by atoms with Crippen LogP contribution in [0.25, 0.3) is 22.1 Å². The zero-order valence-corrected chi connectivity index (χ0v) is 20.3. The SMILES string of the molecule is Cc1oc2cc(O[C@H](C)C(=O)Nc3ccc(N4CCOCC4)cc3)ccc2c(=O)c1-c1ccccc1. The highest BCUT2D eigenvalue weighted by atomic mass is 16.5. The van der Waals surface area contributed by atoms with Crippen LogP contribution in [0.2, 0.25) is 0 Å². The zero-order valence-electron chi connectivity index (χ0n) is 20.3. The topological polar surface area (TPSA) is 81.0 Å². The van der Waals surface area contributed by atoms with Crippen LogP contribution in [0.5, 0.6) is 5.75 Å². The number of rotatable bonds is 6. The molecule has 7 heteroatoms. The van der Waals surface area contributed by atoms with Crippen LogP contribution in [0.1, 0.15) is 12.7 Å². The molecule has 1 fully saturated rings. The van der Waals surface area contributed by atoms with Crippen LogP contribution in [-0.4, -0.2) is 38.3 Å². The number of hydrogen-bond acceptors (Lipinski definition) is 6. The Balaban J connectivity index is 1.28. The second-order valence-corrected chi connectivity index (χ2v) is 8.78. The van der Waals surface area contributed by atoms with Gasteiger partial charge in [0.2, 0.25) is 5.43 Å². The molecule has 0 unspecified atom stereocenters. The molecule has 1 aromatic heterocycles. The van der Waals surface area contributed by atoms with E-state index < -0.39 is 6.10 Å². The van der Waals surface area contributed by atoms with Gasteiger partial charge in [-0.2, -0.15) is 0 Å². The Bertz CT molecular complexity index is 1420. The minimum atomic E-state index is -0.752. The Morgan fingerprint density at radius 3 is 2.44 bits per heavy atom. The van der Waals surface area contributed by atoms with E-state index in [1.165, 1.54) is 0 Å². The number of carbonyl (C=O) groups is 1. The number of ether oxygens (including phenoxy) is 2. The number of anilines is 2. The molecule has 36 heavy (non-hydrogen) atoms. The van der Waals surface area contributed by atoms with E-state index in [4.69, 9.17) is 13.9 Å². The Hall–Kier alpha value is -4.10. The summed E-state index contributed by atoms with van der Waals surface area (Å²) in [7, 11) is 0. The van der Waals surface area contributed by atoms with E-state index >= 15 is 0 Å². The summed E-state index contributed by atoms with van der Waals surface area (Å²) >= 11 is 0. The van der Waals surface area contributed by atoms with Crippen molar-refractivity contribution in [2.24, 2.45) is 0 Å². The van der Waals surface area contributed by atoms with Crippen molar-refractivity contribution in [2.75, 3.05) is 36.5 Å². The van der Waals surface area contributed by atoms with E-state index in [-0.39, 0.29) is 11.3 Å². The first-order chi connectivity index (χ1) is 17.5. The van der Waals surface area contributed by atoms with Gasteiger partial charge in [0.15, 0.2) is 6.10 Å². The van der Waals surface area contributed by atoms with Gasteiger partial charge in [0, 0.05) is 30.5 Å². The first kappa shape index (κ1) is 23.6. The average molecular weight is 485 g/mol. The van der Waals surface area contributed by atoms with E-state index in [0.29, 0.717) is 33.7 Å². The summed E-state index contributed by atoms with van der Waals surface area (Å²) in [6.45, 7) is 6.61. The molecule has 1 aliphatic heterocycles. The lowest BCUT2D eigenvalue weighted by Crippen LogP contribution is -2.36. The number of hydrogen-bond donors (Lipinski definition) is 1. The third kappa shape index (κ3) is 4.97. The minimum Gasteiger partial charge on any atom is -0.481 e. The van der Waals surface area contributed by atoms with Crippen LogP contribution in [0, 0.1) is 6.92 Å². The number of morpholine rings is 1. The number of fused-ring (bicyclic) bond motifs is 1. The quantitative estimate of drug-likeness (QED) is 0.414. The van der Waals surface area contributed by atoms with Crippen LogP contribution in [0.15, 0.2) is 82.0 Å². The average Bonchev–Trinajstić information content (AvgIpc) is 2.90. The molecular formula is C29H28N2O5. The molecule has 5 rings (SSSR count). The van der Waals surface area contributed by atoms with Crippen molar-refractivity contribution in [3.05, 3.63) is 88.8 Å². The van der Waals surface area contributed by atoms with Crippen molar-refractivity contribution in [2.45, 2.75) is 20.0 Å². The summed E-state index contributed by atoms with van der Waals surface area (Å²) in [5.74, 6) is 0.705. The molecule has 1 atom stereocenters. The summed E-state index contributed by atoms with van der Waals surface area (Å²) in [4.78, 5) is 28.1. The first-order valence-corrected chi connectivity index (χ1v) is 12.0. The van der Waals surface area contributed by atoms with Gasteiger partial charge in [0.1, 0.15) is 17.1 Å². The predicted molar refractivity (Wildman–Crippen MR) is 141 cm³/mol. The maximum Gasteiger partial charge on any atom is 0.265 e. The van der Waals surface area contributed by atoms with Gasteiger partial charge < -0.3 is 24.1 Å². The number of benzene rings is 3. The van der Waals surface area contributed by atoms with E-state index in [2.05, 4.69) is 10.2 Å². The molecule has 2 heterocycles. The third-order valence-electron chi connectivity index (χ3n) is 6.30. The number of aryl methyl sites for hydroxylation is 1. The normalized spacial score (nSPS) is 14.4. The Morgan fingerprint density at radius 1 is 1.00 bits per heavy atom. The van der Waals surface area contributed by atoms with Gasteiger partial charge in [-0.05, 0) is 55.8 Å². The highest BCUT2D eigenvalue weighted by Crippen LogP contribution is 2.27. The fourth-order valence-corrected chi connectivity index (χ4v) is 4.38. The lowest BCUT2D eigenvalue weighted by molar-refractivity contribution is -0.122. The van der Waals surface area contributed by atoms with Gasteiger partial charge in [0.25, 0.3) is 5.91 Å². The van der Waals surface area contributed by atoms with Crippen molar-refractivity contribution < 1.29 is 18.7 Å². The molecule has 0 aliphatic carbocycles. The van der Waals surface area contributed by atoms with Crippen molar-refractivity contribution >= 4 is 28.3 Å².